The summed E-state index contributed by atoms with van der Waals surface area (Å²) in [6, 6.07) is 3.28. The van der Waals surface area contributed by atoms with E-state index in [0.29, 0.717) is 56.5 Å². The molecule has 154 valence electrons. The lowest BCUT2D eigenvalue weighted by Crippen LogP contribution is -2.48. The van der Waals surface area contributed by atoms with Crippen molar-refractivity contribution in [1.82, 2.24) is 14.9 Å². The van der Waals surface area contributed by atoms with Gasteiger partial charge >= 0.3 is 5.97 Å². The molecule has 4 rings (SSSR count). The van der Waals surface area contributed by atoms with Crippen molar-refractivity contribution in [3.63, 3.8) is 0 Å². The predicted octanol–water partition coefficient (Wildman–Crippen LogP) is 0.559. The summed E-state index contributed by atoms with van der Waals surface area (Å²) in [6.07, 6.45) is 0.500. The van der Waals surface area contributed by atoms with Gasteiger partial charge in [-0.15, -0.1) is 0 Å². The molecule has 2 aliphatic heterocycles. The fraction of sp³-hybridized carbons (Fsp3) is 0.421. The second-order valence-electron chi connectivity index (χ2n) is 7.59. The van der Waals surface area contributed by atoms with E-state index < -0.39 is 11.6 Å². The molecule has 6 N–H and O–H groups in total. The predicted molar refractivity (Wildman–Crippen MR) is 104 cm³/mol. The minimum absolute atomic E-state index is 0.0606. The Kier molecular flexibility index (Phi) is 4.67. The summed E-state index contributed by atoms with van der Waals surface area (Å²) in [6.45, 7) is 4.22. The number of hydrogen-bond donors (Lipinski definition) is 4. The van der Waals surface area contributed by atoms with Gasteiger partial charge in [-0.05, 0) is 24.1 Å². The Balaban J connectivity index is 1.58. The highest BCUT2D eigenvalue weighted by Crippen LogP contribution is 2.38. The van der Waals surface area contributed by atoms with Gasteiger partial charge < -0.3 is 31.2 Å². The molecule has 3 heterocycles. The number of nitrogens with two attached hydrogens (primary N) is 2. The van der Waals surface area contributed by atoms with Crippen LogP contribution < -0.4 is 16.2 Å². The van der Waals surface area contributed by atoms with Crippen LogP contribution in [0.4, 0.5) is 11.8 Å². The Morgan fingerprint density at radius 1 is 1.34 bits per heavy atom. The first kappa shape index (κ1) is 19.2. The number of aryl methyl sites for hydroxylation is 1. The third-order valence-electron chi connectivity index (χ3n) is 5.26. The molecule has 0 amide bonds. The van der Waals surface area contributed by atoms with Gasteiger partial charge in [-0.3, -0.25) is 4.90 Å². The number of nitrogen functional groups attached to an aromatic ring is 2. The van der Waals surface area contributed by atoms with Gasteiger partial charge in [0.15, 0.2) is 5.60 Å². The first-order valence-electron chi connectivity index (χ1n) is 9.23. The molecular weight excluding hydrogens is 378 g/mol. The van der Waals surface area contributed by atoms with Crippen molar-refractivity contribution in [3.8, 4) is 11.6 Å². The lowest BCUT2D eigenvalue weighted by atomic mass is 9.97. The third-order valence-corrected chi connectivity index (χ3v) is 5.26. The topological polar surface area (TPSA) is 157 Å². The van der Waals surface area contributed by atoms with E-state index in [2.05, 4.69) is 14.9 Å². The number of fused-ring (bicyclic) bond motifs is 1. The monoisotopic (exact) mass is 401 g/mol. The van der Waals surface area contributed by atoms with Crippen molar-refractivity contribution in [2.45, 2.75) is 25.5 Å². The van der Waals surface area contributed by atoms with E-state index in [1.165, 1.54) is 6.07 Å². The molecule has 29 heavy (non-hydrogen) atoms. The van der Waals surface area contributed by atoms with Crippen molar-refractivity contribution in [2.24, 2.45) is 0 Å². The molecule has 2 aromatic rings. The summed E-state index contributed by atoms with van der Waals surface area (Å²) in [7, 11) is 0. The Hall–Kier alpha value is -3.11. The Morgan fingerprint density at radius 3 is 2.90 bits per heavy atom. The fourth-order valence-electron chi connectivity index (χ4n) is 3.97. The molecule has 0 bridgehead atoms. The van der Waals surface area contributed by atoms with E-state index in [1.54, 1.807) is 13.0 Å². The number of aromatic nitrogens is 2. The summed E-state index contributed by atoms with van der Waals surface area (Å²) in [4.78, 5) is 21.7. The van der Waals surface area contributed by atoms with Gasteiger partial charge in [0.2, 0.25) is 11.8 Å². The van der Waals surface area contributed by atoms with Gasteiger partial charge in [-0.25, -0.2) is 4.79 Å². The van der Waals surface area contributed by atoms with Gasteiger partial charge in [0.05, 0.1) is 18.8 Å². The average Bonchev–Trinajstić information content (AvgIpc) is 2.87. The number of carboxylic acids is 1. The normalized spacial score (nSPS) is 21.6. The molecule has 1 spiro atoms. The van der Waals surface area contributed by atoms with Crippen LogP contribution in [-0.2, 0) is 17.7 Å². The van der Waals surface area contributed by atoms with E-state index in [1.807, 2.05) is 0 Å². The zero-order chi connectivity index (χ0) is 20.8. The summed E-state index contributed by atoms with van der Waals surface area (Å²) in [5.74, 6) is -0.623. The van der Waals surface area contributed by atoms with Crippen LogP contribution in [0.25, 0.3) is 0 Å². The fourth-order valence-corrected chi connectivity index (χ4v) is 3.97. The number of ether oxygens (including phenoxy) is 2. The molecule has 0 radical (unpaired) electrons. The number of aromatic hydroxyl groups is 1. The molecule has 1 unspecified atom stereocenters. The number of rotatable bonds is 3. The largest absolute Gasteiger partial charge is 0.507 e. The highest BCUT2D eigenvalue weighted by atomic mass is 16.6. The van der Waals surface area contributed by atoms with E-state index >= 15 is 0 Å². The quantitative estimate of drug-likeness (QED) is 0.573. The first-order chi connectivity index (χ1) is 13.8. The van der Waals surface area contributed by atoms with Crippen molar-refractivity contribution in [1.29, 1.82) is 0 Å². The highest BCUT2D eigenvalue weighted by Gasteiger charge is 2.44. The van der Waals surface area contributed by atoms with Crippen molar-refractivity contribution >= 4 is 17.7 Å². The minimum atomic E-state index is -1.16. The van der Waals surface area contributed by atoms with Crippen molar-refractivity contribution < 1.29 is 24.5 Å². The molecule has 1 aromatic heterocycles. The van der Waals surface area contributed by atoms with E-state index in [4.69, 9.17) is 20.9 Å². The van der Waals surface area contributed by atoms with E-state index in [-0.39, 0.29) is 17.3 Å². The first-order valence-corrected chi connectivity index (χ1v) is 9.23. The molecule has 1 fully saturated rings. The smallest absolute Gasteiger partial charge is 0.339 e. The van der Waals surface area contributed by atoms with Crippen LogP contribution in [0.5, 0.6) is 11.6 Å². The van der Waals surface area contributed by atoms with Crippen LogP contribution in [0.15, 0.2) is 12.1 Å². The van der Waals surface area contributed by atoms with E-state index in [0.717, 1.165) is 11.1 Å². The van der Waals surface area contributed by atoms with Gasteiger partial charge in [0, 0.05) is 26.1 Å². The summed E-state index contributed by atoms with van der Waals surface area (Å²) in [5, 5.41) is 19.3. The molecule has 2 aliphatic rings. The second-order valence-corrected chi connectivity index (χ2v) is 7.59. The number of aromatic carboxylic acids is 1. The number of phenols is 1. The van der Waals surface area contributed by atoms with Crippen LogP contribution >= 0.6 is 0 Å². The van der Waals surface area contributed by atoms with Crippen molar-refractivity contribution in [2.75, 3.05) is 37.8 Å². The minimum Gasteiger partial charge on any atom is -0.507 e. The standard InChI is InChI=1S/C19H23N5O5/c1-10-4-11(5-12(14(10)25)17(26)27)7-24-2-3-28-9-19(8-24)6-13-15(20)22-18(21)23-16(13)29-19/h4-5,25H,2-3,6-9H2,1H3,(H,26,27)(H4,20,21,22,23). The zero-order valence-electron chi connectivity index (χ0n) is 16.0. The summed E-state index contributed by atoms with van der Waals surface area (Å²) < 4.78 is 11.9. The number of benzene rings is 1. The SMILES string of the molecule is Cc1cc(CN2CCOCC3(Cc4c(N)nc(N)nc4O3)C2)cc(C(=O)O)c1O. The van der Waals surface area contributed by atoms with Gasteiger partial charge in [-0.1, -0.05) is 6.07 Å². The molecule has 1 atom stereocenters. The maximum absolute atomic E-state index is 11.4. The average molecular weight is 401 g/mol. The maximum Gasteiger partial charge on any atom is 0.339 e. The van der Waals surface area contributed by atoms with Gasteiger partial charge in [0.1, 0.15) is 17.1 Å². The number of carbonyl (C=O) groups is 1. The zero-order valence-corrected chi connectivity index (χ0v) is 16.0. The van der Waals surface area contributed by atoms with Crippen LogP contribution in [-0.4, -0.2) is 63.0 Å². The molecular formula is C19H23N5O5. The number of nitrogens with zero attached hydrogens (tertiary/aromatic N) is 3. The molecule has 0 aliphatic carbocycles. The van der Waals surface area contributed by atoms with E-state index in [9.17, 15) is 15.0 Å². The molecule has 10 heteroatoms. The summed E-state index contributed by atoms with van der Waals surface area (Å²) in [5.41, 5.74) is 12.9. The highest BCUT2D eigenvalue weighted by molar-refractivity contribution is 5.91. The molecule has 0 saturated carbocycles. The maximum atomic E-state index is 11.4. The third kappa shape index (κ3) is 3.64. The van der Waals surface area contributed by atoms with Crippen LogP contribution in [0.2, 0.25) is 0 Å². The van der Waals surface area contributed by atoms with Crippen molar-refractivity contribution in [3.05, 3.63) is 34.4 Å². The van der Waals surface area contributed by atoms with Crippen LogP contribution in [0.3, 0.4) is 0 Å². The number of carboxylic acid groups (broad SMARTS) is 1. The number of hydrogen-bond acceptors (Lipinski definition) is 9. The van der Waals surface area contributed by atoms with Crippen LogP contribution in [0, 0.1) is 6.92 Å². The molecule has 1 aromatic carbocycles. The van der Waals surface area contributed by atoms with Gasteiger partial charge in [0.25, 0.3) is 0 Å². The summed E-state index contributed by atoms with van der Waals surface area (Å²) >= 11 is 0. The van der Waals surface area contributed by atoms with Gasteiger partial charge in [-0.2, -0.15) is 9.97 Å². The molecule has 10 nitrogen and oxygen atoms in total. The Labute approximate surface area is 167 Å². The molecule has 1 saturated heterocycles. The lowest BCUT2D eigenvalue weighted by molar-refractivity contribution is -0.00265. The second kappa shape index (κ2) is 7.05. The lowest BCUT2D eigenvalue weighted by Gasteiger charge is -2.31. The van der Waals surface area contributed by atoms with Crippen LogP contribution in [0.1, 0.15) is 27.0 Å². The Morgan fingerprint density at radius 2 is 2.14 bits per heavy atom. The number of anilines is 2. The Bertz CT molecular complexity index is 982.